The van der Waals surface area contributed by atoms with Gasteiger partial charge in [-0.15, -0.1) is 0 Å². The summed E-state index contributed by atoms with van der Waals surface area (Å²) in [7, 11) is 0. The summed E-state index contributed by atoms with van der Waals surface area (Å²) in [6.07, 6.45) is 3.33. The number of amides is 1. The summed E-state index contributed by atoms with van der Waals surface area (Å²) in [4.78, 5) is 16.5. The molecule has 1 aliphatic carbocycles. The molecule has 20 heavy (non-hydrogen) atoms. The molecule has 102 valence electrons. The highest BCUT2D eigenvalue weighted by atomic mass is 19.1. The van der Waals surface area contributed by atoms with Gasteiger partial charge in [0.1, 0.15) is 5.82 Å². The van der Waals surface area contributed by atoms with Crippen molar-refractivity contribution in [1.82, 2.24) is 10.3 Å². The first kappa shape index (κ1) is 12.8. The first-order valence-corrected chi connectivity index (χ1v) is 6.65. The van der Waals surface area contributed by atoms with Gasteiger partial charge in [0.2, 0.25) is 5.91 Å². The van der Waals surface area contributed by atoms with Crippen LogP contribution in [0.2, 0.25) is 0 Å². The summed E-state index contributed by atoms with van der Waals surface area (Å²) < 4.78 is 13.0. The van der Waals surface area contributed by atoms with Crippen LogP contribution in [0, 0.1) is 5.82 Å². The molecule has 0 atom stereocenters. The van der Waals surface area contributed by atoms with Crippen LogP contribution in [-0.2, 0) is 16.8 Å². The van der Waals surface area contributed by atoms with Gasteiger partial charge < -0.3 is 5.32 Å². The van der Waals surface area contributed by atoms with Crippen molar-refractivity contribution in [3.05, 3.63) is 65.7 Å². The van der Waals surface area contributed by atoms with Crippen LogP contribution < -0.4 is 5.32 Å². The van der Waals surface area contributed by atoms with Crippen LogP contribution in [0.3, 0.4) is 0 Å². The molecule has 1 aromatic heterocycles. The van der Waals surface area contributed by atoms with Crippen molar-refractivity contribution >= 4 is 5.91 Å². The number of hydrogen-bond donors (Lipinski definition) is 1. The van der Waals surface area contributed by atoms with Crippen LogP contribution in [0.1, 0.15) is 24.1 Å². The van der Waals surface area contributed by atoms with E-state index in [0.717, 1.165) is 24.1 Å². The quantitative estimate of drug-likeness (QED) is 0.927. The summed E-state index contributed by atoms with van der Waals surface area (Å²) in [6.45, 7) is 0.419. The molecule has 0 unspecified atom stereocenters. The lowest BCUT2D eigenvalue weighted by Crippen LogP contribution is -2.34. The lowest BCUT2D eigenvalue weighted by Gasteiger charge is -2.15. The molecule has 0 radical (unpaired) electrons. The molecular weight excluding hydrogens is 255 g/mol. The first-order chi connectivity index (χ1) is 9.71. The van der Waals surface area contributed by atoms with E-state index in [-0.39, 0.29) is 11.7 Å². The predicted octanol–water partition coefficient (Wildman–Crippen LogP) is 2.57. The van der Waals surface area contributed by atoms with Gasteiger partial charge in [-0.3, -0.25) is 9.78 Å². The Bertz CT molecular complexity index is 606. The molecule has 4 heteroatoms. The molecule has 1 aromatic carbocycles. The number of carbonyl (C=O) groups excluding carboxylic acids is 1. The standard InChI is InChI=1S/C16H15FN2O/c17-13-6-4-12(5-7-13)16(8-9-16)15(20)19-11-14-3-1-2-10-18-14/h1-7,10H,8-9,11H2,(H,19,20). The van der Waals surface area contributed by atoms with Gasteiger partial charge in [0, 0.05) is 6.20 Å². The average molecular weight is 270 g/mol. The lowest BCUT2D eigenvalue weighted by molar-refractivity contribution is -0.123. The number of pyridine rings is 1. The third-order valence-corrected chi connectivity index (χ3v) is 3.74. The zero-order valence-electron chi connectivity index (χ0n) is 11.0. The van der Waals surface area contributed by atoms with E-state index >= 15 is 0 Å². The van der Waals surface area contributed by atoms with Crippen molar-refractivity contribution in [2.45, 2.75) is 24.8 Å². The van der Waals surface area contributed by atoms with Crippen molar-refractivity contribution in [3.8, 4) is 0 Å². The fourth-order valence-electron chi connectivity index (χ4n) is 2.38. The molecule has 0 saturated heterocycles. The summed E-state index contributed by atoms with van der Waals surface area (Å²) >= 11 is 0. The van der Waals surface area contributed by atoms with Crippen molar-refractivity contribution in [1.29, 1.82) is 0 Å². The van der Waals surface area contributed by atoms with Crippen LogP contribution in [0.5, 0.6) is 0 Å². The maximum Gasteiger partial charge on any atom is 0.230 e. The van der Waals surface area contributed by atoms with E-state index in [0.29, 0.717) is 6.54 Å². The molecule has 2 aromatic rings. The van der Waals surface area contributed by atoms with Gasteiger partial charge >= 0.3 is 0 Å². The molecule has 1 fully saturated rings. The van der Waals surface area contributed by atoms with Crippen molar-refractivity contribution < 1.29 is 9.18 Å². The van der Waals surface area contributed by atoms with Gasteiger partial charge in [-0.05, 0) is 42.7 Å². The molecule has 1 saturated carbocycles. The van der Waals surface area contributed by atoms with E-state index < -0.39 is 5.41 Å². The number of benzene rings is 1. The molecule has 1 N–H and O–H groups in total. The number of hydrogen-bond acceptors (Lipinski definition) is 2. The van der Waals surface area contributed by atoms with Gasteiger partial charge in [0.05, 0.1) is 17.7 Å². The number of halogens is 1. The summed E-state index contributed by atoms with van der Waals surface area (Å²) in [5.74, 6) is -0.284. The van der Waals surface area contributed by atoms with Crippen LogP contribution in [0.4, 0.5) is 4.39 Å². The number of carbonyl (C=O) groups is 1. The predicted molar refractivity (Wildman–Crippen MR) is 73.4 cm³/mol. The Morgan fingerprint density at radius 3 is 2.55 bits per heavy atom. The SMILES string of the molecule is O=C(NCc1ccccn1)C1(c2ccc(F)cc2)CC1. The third-order valence-electron chi connectivity index (χ3n) is 3.74. The highest BCUT2D eigenvalue weighted by molar-refractivity contribution is 5.91. The Balaban J connectivity index is 1.69. The number of nitrogens with one attached hydrogen (secondary N) is 1. The lowest BCUT2D eigenvalue weighted by atomic mass is 9.95. The molecular formula is C16H15FN2O. The maximum absolute atomic E-state index is 13.0. The normalized spacial score (nSPS) is 15.7. The maximum atomic E-state index is 13.0. The molecule has 0 bridgehead atoms. The van der Waals surface area contributed by atoms with Crippen molar-refractivity contribution in [3.63, 3.8) is 0 Å². The summed E-state index contributed by atoms with van der Waals surface area (Å²) in [6, 6.07) is 11.8. The van der Waals surface area contributed by atoms with E-state index in [1.54, 1.807) is 18.3 Å². The Morgan fingerprint density at radius 1 is 1.20 bits per heavy atom. The Kier molecular flexibility index (Phi) is 3.22. The molecule has 1 amide bonds. The molecule has 1 heterocycles. The van der Waals surface area contributed by atoms with Crippen LogP contribution >= 0.6 is 0 Å². The van der Waals surface area contributed by atoms with Gasteiger partial charge in [0.15, 0.2) is 0 Å². The monoisotopic (exact) mass is 270 g/mol. The highest BCUT2D eigenvalue weighted by Crippen LogP contribution is 2.48. The minimum Gasteiger partial charge on any atom is -0.350 e. The Hall–Kier alpha value is -2.23. The average Bonchev–Trinajstić information content (AvgIpc) is 3.28. The van der Waals surface area contributed by atoms with Gasteiger partial charge in [-0.25, -0.2) is 4.39 Å². The van der Waals surface area contributed by atoms with E-state index in [4.69, 9.17) is 0 Å². The van der Waals surface area contributed by atoms with E-state index in [1.165, 1.54) is 12.1 Å². The van der Waals surface area contributed by atoms with E-state index in [2.05, 4.69) is 10.3 Å². The minimum atomic E-state index is -0.470. The largest absolute Gasteiger partial charge is 0.350 e. The fraction of sp³-hybridized carbons (Fsp3) is 0.250. The summed E-state index contributed by atoms with van der Waals surface area (Å²) in [5, 5.41) is 2.92. The van der Waals surface area contributed by atoms with Gasteiger partial charge in [-0.1, -0.05) is 18.2 Å². The second kappa shape index (κ2) is 5.04. The topological polar surface area (TPSA) is 42.0 Å². The third kappa shape index (κ3) is 2.41. The zero-order chi connectivity index (χ0) is 14.0. The first-order valence-electron chi connectivity index (χ1n) is 6.65. The molecule has 3 rings (SSSR count). The highest BCUT2D eigenvalue weighted by Gasteiger charge is 2.51. The number of aromatic nitrogens is 1. The zero-order valence-corrected chi connectivity index (χ0v) is 11.0. The number of nitrogens with zero attached hydrogens (tertiary/aromatic N) is 1. The van der Waals surface area contributed by atoms with Crippen LogP contribution in [-0.4, -0.2) is 10.9 Å². The smallest absolute Gasteiger partial charge is 0.230 e. The van der Waals surface area contributed by atoms with Gasteiger partial charge in [-0.2, -0.15) is 0 Å². The fourth-order valence-corrected chi connectivity index (χ4v) is 2.38. The second-order valence-electron chi connectivity index (χ2n) is 5.09. The molecule has 0 aliphatic heterocycles. The van der Waals surface area contributed by atoms with Crippen molar-refractivity contribution in [2.75, 3.05) is 0 Å². The minimum absolute atomic E-state index is 0.00485. The molecule has 0 spiro atoms. The van der Waals surface area contributed by atoms with Crippen molar-refractivity contribution in [2.24, 2.45) is 0 Å². The van der Waals surface area contributed by atoms with Gasteiger partial charge in [0.25, 0.3) is 0 Å². The van der Waals surface area contributed by atoms with E-state index in [1.807, 2.05) is 18.2 Å². The van der Waals surface area contributed by atoms with E-state index in [9.17, 15) is 9.18 Å². The Morgan fingerprint density at radius 2 is 1.95 bits per heavy atom. The number of rotatable bonds is 4. The second-order valence-corrected chi connectivity index (χ2v) is 5.09. The van der Waals surface area contributed by atoms with Crippen LogP contribution in [0.25, 0.3) is 0 Å². The molecule has 1 aliphatic rings. The van der Waals surface area contributed by atoms with Crippen LogP contribution in [0.15, 0.2) is 48.7 Å². The summed E-state index contributed by atoms with van der Waals surface area (Å²) in [5.41, 5.74) is 1.25. The molecule has 3 nitrogen and oxygen atoms in total. The Labute approximate surface area is 116 Å².